The fraction of sp³-hybridized carbons (Fsp3) is 0.500. The molecule has 0 aromatic heterocycles. The lowest BCUT2D eigenvalue weighted by Gasteiger charge is -2.54. The van der Waals surface area contributed by atoms with Gasteiger partial charge in [-0.05, 0) is 32.6 Å². The number of hydrogen-bond donors (Lipinski definition) is 1. The molecule has 1 aliphatic rings. The first-order valence-corrected chi connectivity index (χ1v) is 12.1. The van der Waals surface area contributed by atoms with Crippen LogP contribution in [-0.2, 0) is 4.57 Å². The highest BCUT2D eigenvalue weighted by molar-refractivity contribution is 7.80. The van der Waals surface area contributed by atoms with E-state index in [9.17, 15) is 9.67 Å². The van der Waals surface area contributed by atoms with E-state index in [-0.39, 0.29) is 0 Å². The van der Waals surface area contributed by atoms with Crippen LogP contribution in [0.4, 0.5) is 0 Å². The lowest BCUT2D eigenvalue weighted by atomic mass is 9.69. The molecule has 0 amide bonds. The van der Waals surface area contributed by atoms with Gasteiger partial charge in [0, 0.05) is 10.6 Å². The summed E-state index contributed by atoms with van der Waals surface area (Å²) in [6.07, 6.45) is 7.82. The Balaban J connectivity index is 2.12. The van der Waals surface area contributed by atoms with Gasteiger partial charge in [-0.15, -0.1) is 0 Å². The summed E-state index contributed by atoms with van der Waals surface area (Å²) >= 11 is 0. The van der Waals surface area contributed by atoms with E-state index < -0.39 is 17.9 Å². The summed E-state index contributed by atoms with van der Waals surface area (Å²) < 4.78 is 15.0. The van der Waals surface area contributed by atoms with E-state index in [0.29, 0.717) is 0 Å². The molecule has 0 radical (unpaired) electrons. The Hall–Kier alpha value is -1.37. The van der Waals surface area contributed by atoms with Crippen molar-refractivity contribution in [3.8, 4) is 0 Å². The van der Waals surface area contributed by atoms with Crippen molar-refractivity contribution >= 4 is 17.8 Å². The lowest BCUT2D eigenvalue weighted by Crippen LogP contribution is -2.59. The van der Waals surface area contributed by atoms with Crippen LogP contribution in [0.2, 0.25) is 0 Å². The number of hydrogen-bond acceptors (Lipinski definition) is 2. The fourth-order valence-corrected chi connectivity index (χ4v) is 8.53. The molecule has 0 heterocycles. The minimum Gasteiger partial charge on any atom is -0.389 e. The van der Waals surface area contributed by atoms with Crippen molar-refractivity contribution in [3.05, 3.63) is 60.7 Å². The van der Waals surface area contributed by atoms with Crippen LogP contribution < -0.4 is 10.6 Å². The van der Waals surface area contributed by atoms with Gasteiger partial charge >= 0.3 is 0 Å². The van der Waals surface area contributed by atoms with Crippen LogP contribution >= 0.6 is 7.14 Å². The Morgan fingerprint density at radius 1 is 0.926 bits per heavy atom. The third kappa shape index (κ3) is 3.55. The third-order valence-corrected chi connectivity index (χ3v) is 10.7. The number of rotatable bonds is 9. The van der Waals surface area contributed by atoms with Crippen molar-refractivity contribution in [1.82, 2.24) is 0 Å². The average molecular weight is 384 g/mol. The van der Waals surface area contributed by atoms with Crippen molar-refractivity contribution < 1.29 is 9.67 Å². The molecule has 1 fully saturated rings. The van der Waals surface area contributed by atoms with Crippen LogP contribution in [0.15, 0.2) is 60.7 Å². The average Bonchev–Trinajstić information content (AvgIpc) is 2.69. The second kappa shape index (κ2) is 8.33. The van der Waals surface area contributed by atoms with E-state index in [4.69, 9.17) is 0 Å². The Morgan fingerprint density at radius 3 is 1.85 bits per heavy atom. The molecular weight excluding hydrogens is 351 g/mol. The van der Waals surface area contributed by atoms with Gasteiger partial charge in [-0.3, -0.25) is 0 Å². The minimum absolute atomic E-state index is 0.644. The lowest BCUT2D eigenvalue weighted by molar-refractivity contribution is -0.0684. The molecule has 3 heteroatoms. The highest BCUT2D eigenvalue weighted by Gasteiger charge is 2.60. The fourth-order valence-electron chi connectivity index (χ4n) is 4.62. The van der Waals surface area contributed by atoms with Crippen LogP contribution in [0, 0.1) is 0 Å². The molecule has 2 aromatic rings. The molecule has 1 saturated carbocycles. The molecule has 1 N–H and O–H groups in total. The molecular formula is C24H33O2P. The zero-order valence-electron chi connectivity index (χ0n) is 16.7. The smallest absolute Gasteiger partial charge is 0.151 e. The first-order valence-electron chi connectivity index (χ1n) is 10.4. The molecule has 3 rings (SSSR count). The van der Waals surface area contributed by atoms with Gasteiger partial charge in [0.05, 0.1) is 10.8 Å². The molecule has 0 bridgehead atoms. The van der Waals surface area contributed by atoms with Crippen LogP contribution in [0.5, 0.6) is 0 Å². The van der Waals surface area contributed by atoms with E-state index in [2.05, 4.69) is 13.8 Å². The van der Waals surface area contributed by atoms with Crippen molar-refractivity contribution in [2.75, 3.05) is 0 Å². The van der Waals surface area contributed by atoms with Crippen LogP contribution in [0.1, 0.15) is 65.2 Å². The van der Waals surface area contributed by atoms with Crippen molar-refractivity contribution in [2.45, 2.75) is 76.0 Å². The minimum atomic E-state index is -3.03. The Labute approximate surface area is 164 Å². The number of benzene rings is 2. The quantitative estimate of drug-likeness (QED) is 0.448. The monoisotopic (exact) mass is 384 g/mol. The third-order valence-electron chi connectivity index (χ3n) is 6.63. The van der Waals surface area contributed by atoms with E-state index in [1.54, 1.807) is 0 Å². The molecule has 1 unspecified atom stereocenters. The van der Waals surface area contributed by atoms with Crippen LogP contribution in [0.25, 0.3) is 0 Å². The largest absolute Gasteiger partial charge is 0.389 e. The van der Waals surface area contributed by atoms with Gasteiger partial charge < -0.3 is 9.67 Å². The van der Waals surface area contributed by atoms with Gasteiger partial charge in [-0.1, -0.05) is 93.3 Å². The van der Waals surface area contributed by atoms with Crippen molar-refractivity contribution in [3.63, 3.8) is 0 Å². The number of aliphatic hydroxyl groups is 1. The molecule has 146 valence electrons. The summed E-state index contributed by atoms with van der Waals surface area (Å²) in [5.74, 6) is 0. The van der Waals surface area contributed by atoms with Crippen LogP contribution in [0.3, 0.4) is 0 Å². The van der Waals surface area contributed by atoms with Gasteiger partial charge in [0.15, 0.2) is 7.14 Å². The first-order chi connectivity index (χ1) is 13.0. The second-order valence-corrected chi connectivity index (χ2v) is 11.5. The topological polar surface area (TPSA) is 37.3 Å². The highest BCUT2D eigenvalue weighted by Crippen LogP contribution is 2.66. The van der Waals surface area contributed by atoms with Crippen molar-refractivity contribution in [1.29, 1.82) is 0 Å². The predicted octanol–water partition coefficient (Wildman–Crippen LogP) is 5.64. The Bertz CT molecular complexity index is 724. The SMILES string of the molecule is CCCCCCC(C)(C1(O)CCC1)P(=O)(c1ccccc1)c1ccccc1. The molecule has 1 atom stereocenters. The first kappa shape index (κ1) is 20.4. The summed E-state index contributed by atoms with van der Waals surface area (Å²) in [5.41, 5.74) is -0.847. The maximum Gasteiger partial charge on any atom is 0.151 e. The second-order valence-electron chi connectivity index (χ2n) is 8.25. The summed E-state index contributed by atoms with van der Waals surface area (Å²) in [5, 5.41) is 12.7. The summed E-state index contributed by atoms with van der Waals surface area (Å²) in [6, 6.07) is 19.7. The van der Waals surface area contributed by atoms with Gasteiger partial charge in [-0.2, -0.15) is 0 Å². The Kier molecular flexibility index (Phi) is 6.28. The zero-order chi connectivity index (χ0) is 19.4. The molecule has 2 aromatic carbocycles. The van der Waals surface area contributed by atoms with E-state index in [0.717, 1.165) is 49.1 Å². The normalized spacial score (nSPS) is 18.5. The standard InChI is InChI=1S/C24H33O2P/c1-3-4-5-12-18-23(2,24(25)19-13-20-24)27(26,21-14-8-6-9-15-21)22-16-10-7-11-17-22/h6-11,14-17,25H,3-5,12-13,18-20H2,1-2H3. The predicted molar refractivity (Wildman–Crippen MR) is 116 cm³/mol. The summed E-state index contributed by atoms with van der Waals surface area (Å²) in [4.78, 5) is 0. The van der Waals surface area contributed by atoms with Gasteiger partial charge in [0.2, 0.25) is 0 Å². The van der Waals surface area contributed by atoms with E-state index >= 15 is 0 Å². The maximum atomic E-state index is 15.0. The van der Waals surface area contributed by atoms with E-state index in [1.165, 1.54) is 12.8 Å². The maximum absolute atomic E-state index is 15.0. The highest BCUT2D eigenvalue weighted by atomic mass is 31.2. The molecule has 2 nitrogen and oxygen atoms in total. The molecule has 1 aliphatic carbocycles. The number of unbranched alkanes of at least 4 members (excludes halogenated alkanes) is 3. The van der Waals surface area contributed by atoms with Crippen LogP contribution in [-0.4, -0.2) is 15.9 Å². The summed E-state index contributed by atoms with van der Waals surface area (Å²) in [7, 11) is -3.03. The molecule has 27 heavy (non-hydrogen) atoms. The molecule has 0 aliphatic heterocycles. The van der Waals surface area contributed by atoms with Gasteiger partial charge in [0.25, 0.3) is 0 Å². The molecule has 0 saturated heterocycles. The summed E-state index contributed by atoms with van der Waals surface area (Å²) in [6.45, 7) is 4.30. The van der Waals surface area contributed by atoms with Gasteiger partial charge in [-0.25, -0.2) is 0 Å². The van der Waals surface area contributed by atoms with Gasteiger partial charge in [0.1, 0.15) is 0 Å². The zero-order valence-corrected chi connectivity index (χ0v) is 17.6. The molecule has 0 spiro atoms. The Morgan fingerprint density at radius 2 is 1.44 bits per heavy atom. The van der Waals surface area contributed by atoms with E-state index in [1.807, 2.05) is 60.7 Å². The van der Waals surface area contributed by atoms with Crippen molar-refractivity contribution in [2.24, 2.45) is 0 Å².